The molecule has 0 saturated heterocycles. The van der Waals surface area contributed by atoms with Gasteiger partial charge in [0.1, 0.15) is 18.2 Å². The third-order valence-corrected chi connectivity index (χ3v) is 2.71. The molecule has 1 aliphatic rings. The molecular weight excluding hydrogens is 272 g/mol. The number of ether oxygens (including phenoxy) is 1. The van der Waals surface area contributed by atoms with Crippen LogP contribution < -0.4 is 10.5 Å². The Kier molecular flexibility index (Phi) is 1.96. The quantitative estimate of drug-likeness (QED) is 0.735. The Bertz CT molecular complexity index is 329. The number of halogens is 2. The summed E-state index contributed by atoms with van der Waals surface area (Å²) in [5.41, 5.74) is 6.16. The molecule has 4 heteroatoms. The molecule has 2 nitrogen and oxygen atoms in total. The van der Waals surface area contributed by atoms with E-state index in [9.17, 15) is 4.39 Å². The van der Waals surface area contributed by atoms with Crippen LogP contribution in [0.15, 0.2) is 12.1 Å². The molecule has 0 bridgehead atoms. The lowest BCUT2D eigenvalue weighted by Crippen LogP contribution is -2.12. The van der Waals surface area contributed by atoms with Crippen molar-refractivity contribution >= 4 is 22.6 Å². The number of rotatable bonds is 0. The molecule has 0 aromatic heterocycles. The summed E-state index contributed by atoms with van der Waals surface area (Å²) in [6.07, 6.45) is 0. The molecule has 0 saturated carbocycles. The predicted molar refractivity (Wildman–Crippen MR) is 51.5 cm³/mol. The van der Waals surface area contributed by atoms with Gasteiger partial charge in [0.15, 0.2) is 0 Å². The van der Waals surface area contributed by atoms with E-state index in [1.807, 2.05) is 22.6 Å². The summed E-state index contributed by atoms with van der Waals surface area (Å²) in [6, 6.07) is 3.13. The van der Waals surface area contributed by atoms with Crippen molar-refractivity contribution in [3.8, 4) is 5.75 Å². The number of hydrogen-bond donors (Lipinski definition) is 1. The third kappa shape index (κ3) is 1.09. The molecule has 1 aromatic carbocycles. The monoisotopic (exact) mass is 279 g/mol. The lowest BCUT2D eigenvalue weighted by atomic mass is 10.1. The predicted octanol–water partition coefficient (Wildman–Crippen LogP) is 1.82. The molecule has 1 aliphatic heterocycles. The number of hydrogen-bond acceptors (Lipinski definition) is 2. The van der Waals surface area contributed by atoms with E-state index >= 15 is 0 Å². The highest BCUT2D eigenvalue weighted by molar-refractivity contribution is 14.1. The Morgan fingerprint density at radius 3 is 3.08 bits per heavy atom. The van der Waals surface area contributed by atoms with Crippen LogP contribution >= 0.6 is 22.6 Å². The maximum Gasteiger partial charge on any atom is 0.145 e. The van der Waals surface area contributed by atoms with Gasteiger partial charge in [-0.05, 0) is 34.7 Å². The van der Waals surface area contributed by atoms with E-state index in [-0.39, 0.29) is 11.9 Å². The van der Waals surface area contributed by atoms with Gasteiger partial charge in [-0.25, -0.2) is 4.39 Å². The zero-order valence-corrected chi connectivity index (χ0v) is 8.34. The van der Waals surface area contributed by atoms with E-state index in [0.29, 0.717) is 21.5 Å². The van der Waals surface area contributed by atoms with Crippen LogP contribution in [0.5, 0.6) is 5.75 Å². The molecule has 1 atom stereocenters. The molecule has 12 heavy (non-hydrogen) atoms. The van der Waals surface area contributed by atoms with Crippen molar-refractivity contribution in [2.24, 2.45) is 5.73 Å². The Morgan fingerprint density at radius 2 is 2.33 bits per heavy atom. The number of benzene rings is 1. The van der Waals surface area contributed by atoms with Crippen molar-refractivity contribution in [3.05, 3.63) is 27.1 Å². The summed E-state index contributed by atoms with van der Waals surface area (Å²) in [5.74, 6) is 0.346. The van der Waals surface area contributed by atoms with Crippen molar-refractivity contribution < 1.29 is 9.13 Å². The Balaban J connectivity index is 2.63. The van der Waals surface area contributed by atoms with Gasteiger partial charge in [0.2, 0.25) is 0 Å². The Morgan fingerprint density at radius 1 is 1.58 bits per heavy atom. The van der Waals surface area contributed by atoms with Crippen LogP contribution in [0.4, 0.5) is 4.39 Å². The average molecular weight is 279 g/mol. The topological polar surface area (TPSA) is 35.2 Å². The van der Waals surface area contributed by atoms with Crippen LogP contribution in [0.1, 0.15) is 11.6 Å². The minimum Gasteiger partial charge on any atom is -0.491 e. The fourth-order valence-electron chi connectivity index (χ4n) is 1.28. The molecular formula is C8H7FINO. The second-order valence-electron chi connectivity index (χ2n) is 2.69. The second kappa shape index (κ2) is 2.85. The van der Waals surface area contributed by atoms with Gasteiger partial charge in [-0.3, -0.25) is 0 Å². The Hall–Kier alpha value is -0.360. The van der Waals surface area contributed by atoms with Crippen molar-refractivity contribution in [3.63, 3.8) is 0 Å². The number of fused-ring (bicyclic) bond motifs is 1. The second-order valence-corrected chi connectivity index (χ2v) is 3.85. The minimum absolute atomic E-state index is 0.238. The zero-order valence-electron chi connectivity index (χ0n) is 6.18. The smallest absolute Gasteiger partial charge is 0.145 e. The third-order valence-electron chi connectivity index (χ3n) is 1.88. The van der Waals surface area contributed by atoms with E-state index < -0.39 is 0 Å². The molecule has 0 radical (unpaired) electrons. The molecule has 0 amide bonds. The molecule has 0 aliphatic carbocycles. The first-order valence-electron chi connectivity index (χ1n) is 3.56. The minimum atomic E-state index is -0.310. The molecule has 64 valence electrons. The summed E-state index contributed by atoms with van der Waals surface area (Å²) in [4.78, 5) is 0. The highest BCUT2D eigenvalue weighted by Gasteiger charge is 2.25. The molecule has 0 fully saturated rings. The van der Waals surface area contributed by atoms with Crippen molar-refractivity contribution in [1.82, 2.24) is 0 Å². The first kappa shape index (κ1) is 8.25. The highest BCUT2D eigenvalue weighted by Crippen LogP contribution is 2.34. The molecule has 2 rings (SSSR count). The van der Waals surface area contributed by atoms with Gasteiger partial charge in [0, 0.05) is 3.57 Å². The maximum atomic E-state index is 13.4. The number of nitrogens with two attached hydrogens (primary N) is 1. The fraction of sp³-hybridized carbons (Fsp3) is 0.250. The fourth-order valence-corrected chi connectivity index (χ4v) is 1.75. The Labute approximate surface area is 83.0 Å². The maximum absolute atomic E-state index is 13.4. The molecule has 1 heterocycles. The van der Waals surface area contributed by atoms with E-state index in [4.69, 9.17) is 10.5 Å². The molecule has 0 spiro atoms. The van der Waals surface area contributed by atoms with Crippen LogP contribution in [-0.2, 0) is 0 Å². The van der Waals surface area contributed by atoms with E-state index in [1.165, 1.54) is 0 Å². The summed E-state index contributed by atoms with van der Waals surface area (Å²) in [5, 5.41) is 0. The van der Waals surface area contributed by atoms with E-state index in [2.05, 4.69) is 0 Å². The van der Waals surface area contributed by atoms with Gasteiger partial charge >= 0.3 is 0 Å². The largest absolute Gasteiger partial charge is 0.491 e. The molecule has 2 N–H and O–H groups in total. The summed E-state index contributed by atoms with van der Waals surface area (Å²) in [7, 11) is 0. The average Bonchev–Trinajstić information content (AvgIpc) is 2.41. The van der Waals surface area contributed by atoms with Crippen LogP contribution in [-0.4, -0.2) is 6.61 Å². The van der Waals surface area contributed by atoms with E-state index in [0.717, 1.165) is 0 Å². The van der Waals surface area contributed by atoms with Gasteiger partial charge in [-0.1, -0.05) is 0 Å². The zero-order chi connectivity index (χ0) is 8.72. The lowest BCUT2D eigenvalue weighted by Gasteiger charge is -2.03. The SMILES string of the molecule is N[C@@H]1COc2ccc(I)c(F)c21. The first-order valence-corrected chi connectivity index (χ1v) is 4.64. The van der Waals surface area contributed by atoms with Gasteiger partial charge < -0.3 is 10.5 Å². The normalized spacial score (nSPS) is 20.4. The highest BCUT2D eigenvalue weighted by atomic mass is 127. The molecule has 0 unspecified atom stereocenters. The summed E-state index contributed by atoms with van der Waals surface area (Å²) in [6.45, 7) is 0.381. The van der Waals surface area contributed by atoms with Gasteiger partial charge in [0.05, 0.1) is 11.6 Å². The van der Waals surface area contributed by atoms with Crippen LogP contribution in [0.2, 0.25) is 0 Å². The van der Waals surface area contributed by atoms with Gasteiger partial charge in [0.25, 0.3) is 0 Å². The van der Waals surface area contributed by atoms with Crippen LogP contribution in [0.3, 0.4) is 0 Å². The van der Waals surface area contributed by atoms with Crippen molar-refractivity contribution in [2.45, 2.75) is 6.04 Å². The van der Waals surface area contributed by atoms with E-state index in [1.54, 1.807) is 12.1 Å². The van der Waals surface area contributed by atoms with Crippen LogP contribution in [0.25, 0.3) is 0 Å². The van der Waals surface area contributed by atoms with Crippen molar-refractivity contribution in [2.75, 3.05) is 6.61 Å². The first-order chi connectivity index (χ1) is 5.70. The standard InChI is InChI=1S/C8H7FINO/c9-8-4(10)1-2-6-7(8)5(11)3-12-6/h1-2,5H,3,11H2/t5-/m1/s1. The lowest BCUT2D eigenvalue weighted by molar-refractivity contribution is 0.333. The van der Waals surface area contributed by atoms with Gasteiger partial charge in [-0.15, -0.1) is 0 Å². The summed E-state index contributed by atoms with van der Waals surface area (Å²) < 4.78 is 19.2. The molecule has 1 aromatic rings. The van der Waals surface area contributed by atoms with Crippen molar-refractivity contribution in [1.29, 1.82) is 0 Å². The van der Waals surface area contributed by atoms with Gasteiger partial charge in [-0.2, -0.15) is 0 Å². The summed E-state index contributed by atoms with van der Waals surface area (Å²) >= 11 is 1.94. The van der Waals surface area contributed by atoms with Crippen LogP contribution in [0, 0.1) is 9.39 Å².